The van der Waals surface area contributed by atoms with Crippen molar-refractivity contribution in [1.29, 1.82) is 0 Å². The number of benzene rings is 3. The molecule has 11 atom stereocenters. The summed E-state index contributed by atoms with van der Waals surface area (Å²) in [5.41, 5.74) is 0.686. The quantitative estimate of drug-likeness (QED) is 0.0627. The minimum absolute atomic E-state index is 0.0446. The van der Waals surface area contributed by atoms with Crippen molar-refractivity contribution >= 4 is 40.3 Å². The third-order valence-corrected chi connectivity index (χ3v) is 13.9. The summed E-state index contributed by atoms with van der Waals surface area (Å²) in [7, 11) is 3.06. The Morgan fingerprint density at radius 2 is 1.55 bits per heavy atom. The number of carbonyl (C=O) groups excluding carboxylic acids is 3. The standard InChI is InChI=1S/C52H68N4O13/c1-26-14-13-15-27(2)51(64)54-42-37(22-53-56-28(3)23-55(24-29(56)4)25-35-16-18-36(65-11)19-17-35)46(61)39-40(47(42)62)45(60)33(8)49-41(39)50(63)52(10,69-49)67-21-20-38(66-12)30(5)48(68-34(9)57)32(7)44(59)31(6)43(26)58/h13-22,26,28-32,38,43-44,48,58-62H,23-25H2,1-12H3,(H,54,64)/t26-,28-,29-,30-,31+,32+,38-,43+,44+,48-,52-/m0/s1. The molecule has 0 radical (unpaired) electrons. The van der Waals surface area contributed by atoms with Crippen molar-refractivity contribution in [2.75, 3.05) is 32.6 Å². The highest BCUT2D eigenvalue weighted by atomic mass is 16.7. The first-order chi connectivity index (χ1) is 32.5. The zero-order valence-corrected chi connectivity index (χ0v) is 41.5. The Labute approximate surface area is 403 Å². The van der Waals surface area contributed by atoms with E-state index in [4.69, 9.17) is 28.8 Å². The van der Waals surface area contributed by atoms with Gasteiger partial charge < -0.3 is 54.5 Å². The lowest BCUT2D eigenvalue weighted by Crippen LogP contribution is -2.54. The summed E-state index contributed by atoms with van der Waals surface area (Å²) >= 11 is 0. The van der Waals surface area contributed by atoms with Gasteiger partial charge in [0.1, 0.15) is 29.1 Å². The van der Waals surface area contributed by atoms with Gasteiger partial charge in [0.2, 0.25) is 0 Å². The summed E-state index contributed by atoms with van der Waals surface area (Å²) < 4.78 is 29.1. The Bertz CT molecular complexity index is 2530. The van der Waals surface area contributed by atoms with Crippen LogP contribution < -0.4 is 14.8 Å². The number of aliphatic hydroxyl groups is 2. The maximum absolute atomic E-state index is 14.7. The molecule has 69 heavy (non-hydrogen) atoms. The predicted octanol–water partition coefficient (Wildman–Crippen LogP) is 6.69. The summed E-state index contributed by atoms with van der Waals surface area (Å²) in [6.07, 6.45) is 4.84. The van der Waals surface area contributed by atoms with E-state index in [1.54, 1.807) is 47.0 Å². The number of phenolic OH excluding ortho intramolecular Hbond substituents is 3. The Balaban J connectivity index is 1.47. The molecular weight excluding hydrogens is 889 g/mol. The van der Waals surface area contributed by atoms with Crippen molar-refractivity contribution in [1.82, 2.24) is 9.91 Å². The Hall–Kier alpha value is -6.14. The van der Waals surface area contributed by atoms with Crippen LogP contribution in [-0.4, -0.2) is 129 Å². The summed E-state index contributed by atoms with van der Waals surface area (Å²) in [4.78, 5) is 43.4. The van der Waals surface area contributed by atoms with Crippen molar-refractivity contribution in [3.8, 4) is 28.7 Å². The number of piperazine rings is 1. The summed E-state index contributed by atoms with van der Waals surface area (Å²) in [5.74, 6) is -7.76. The number of nitrogens with zero attached hydrogens (tertiary/aromatic N) is 3. The number of Topliss-reactive ketones (excluding diaryl/α,β-unsaturated/α-hetero) is 1. The summed E-state index contributed by atoms with van der Waals surface area (Å²) in [5, 5.41) is 68.2. The molecule has 3 aromatic carbocycles. The van der Waals surface area contributed by atoms with E-state index >= 15 is 0 Å². The minimum atomic E-state index is -2.07. The van der Waals surface area contributed by atoms with Crippen LogP contribution in [0.4, 0.5) is 5.69 Å². The van der Waals surface area contributed by atoms with Crippen LogP contribution in [0.15, 0.2) is 65.5 Å². The molecule has 1 amide bonds. The lowest BCUT2D eigenvalue weighted by Gasteiger charge is -2.42. The number of nitrogens with one attached hydrogen (secondary N) is 1. The number of aromatic hydroxyl groups is 3. The highest BCUT2D eigenvalue weighted by Gasteiger charge is 2.50. The van der Waals surface area contributed by atoms with Gasteiger partial charge >= 0.3 is 11.8 Å². The van der Waals surface area contributed by atoms with Gasteiger partial charge in [-0.3, -0.25) is 24.3 Å². The highest BCUT2D eigenvalue weighted by Crippen LogP contribution is 2.55. The number of allylic oxidation sites excluding steroid dienone is 2. The van der Waals surface area contributed by atoms with Gasteiger partial charge in [0.05, 0.1) is 72.2 Å². The van der Waals surface area contributed by atoms with E-state index in [2.05, 4.69) is 10.2 Å². The molecule has 17 nitrogen and oxygen atoms in total. The van der Waals surface area contributed by atoms with Crippen molar-refractivity contribution in [3.05, 3.63) is 82.7 Å². The highest BCUT2D eigenvalue weighted by molar-refractivity contribution is 6.23. The Morgan fingerprint density at radius 3 is 2.16 bits per heavy atom. The van der Waals surface area contributed by atoms with Gasteiger partial charge in [0.15, 0.2) is 5.75 Å². The van der Waals surface area contributed by atoms with Crippen molar-refractivity contribution in [3.63, 3.8) is 0 Å². The number of rotatable bonds is 7. The number of ketones is 1. The van der Waals surface area contributed by atoms with Crippen molar-refractivity contribution in [2.45, 2.75) is 118 Å². The molecule has 4 aliphatic heterocycles. The van der Waals surface area contributed by atoms with E-state index in [0.717, 1.165) is 11.3 Å². The lowest BCUT2D eigenvalue weighted by atomic mass is 9.78. The first-order valence-corrected chi connectivity index (χ1v) is 23.3. The molecule has 0 spiro atoms. The first kappa shape index (κ1) is 52.2. The maximum Gasteiger partial charge on any atom is 0.312 e. The number of esters is 1. The lowest BCUT2D eigenvalue weighted by molar-refractivity contribution is -0.160. The topological polar surface area (TPSA) is 229 Å². The van der Waals surface area contributed by atoms with Gasteiger partial charge in [-0.05, 0) is 51.5 Å². The maximum atomic E-state index is 14.7. The molecule has 1 saturated heterocycles. The van der Waals surface area contributed by atoms with Crippen LogP contribution in [0, 0.1) is 30.6 Å². The average molecular weight is 957 g/mol. The molecule has 5 bridgehead atoms. The van der Waals surface area contributed by atoms with Crippen LogP contribution in [0.5, 0.6) is 28.7 Å². The number of carbonyl (C=O) groups is 3. The molecular formula is C52H68N4O13. The third-order valence-electron chi connectivity index (χ3n) is 13.9. The Morgan fingerprint density at radius 1 is 0.899 bits per heavy atom. The van der Waals surface area contributed by atoms with E-state index < -0.39 is 88.8 Å². The number of amides is 1. The normalized spacial score (nSPS) is 29.5. The number of aliphatic hydroxyl groups excluding tert-OH is 2. The largest absolute Gasteiger partial charge is 0.507 e. The van der Waals surface area contributed by atoms with Gasteiger partial charge in [-0.1, -0.05) is 58.1 Å². The second kappa shape index (κ2) is 21.2. The smallest absolute Gasteiger partial charge is 0.312 e. The molecule has 4 aliphatic rings. The molecule has 6 N–H and O–H groups in total. The molecule has 1 fully saturated rings. The molecule has 0 saturated carbocycles. The van der Waals surface area contributed by atoms with Gasteiger partial charge in [-0.2, -0.15) is 5.10 Å². The zero-order chi connectivity index (χ0) is 50.8. The molecule has 7 rings (SSSR count). The van der Waals surface area contributed by atoms with Crippen LogP contribution in [0.25, 0.3) is 10.8 Å². The SMILES string of the molecule is COc1ccc(CN2C[C@H](C)N(N=Cc3c4c(O)c5c(O)c(C)c6c(c5c3O)C(=O)[C@@](C)(OC=C[C@H](OC)[C@H](C)[C@H](OC(C)=O)[C@H](C)[C@H](O)[C@H](C)[C@H](O)[C@@H](C)C=CC=C(C)C(=O)N4)O6)[C@@H](C)C2)cc1. The van der Waals surface area contributed by atoms with Gasteiger partial charge in [-0.15, -0.1) is 0 Å². The van der Waals surface area contributed by atoms with E-state index in [1.165, 1.54) is 59.4 Å². The molecule has 0 aromatic heterocycles. The fourth-order valence-electron chi connectivity index (χ4n) is 9.77. The minimum Gasteiger partial charge on any atom is -0.507 e. The monoisotopic (exact) mass is 956 g/mol. The second-order valence-electron chi connectivity index (χ2n) is 19.0. The number of ether oxygens (including phenoxy) is 5. The van der Waals surface area contributed by atoms with E-state index in [-0.39, 0.29) is 56.6 Å². The fourth-order valence-corrected chi connectivity index (χ4v) is 9.77. The number of hydrogen-bond acceptors (Lipinski definition) is 16. The van der Waals surface area contributed by atoms with Gasteiger partial charge in [0, 0.05) is 80.8 Å². The molecule has 4 heterocycles. The fraction of sp³-hybridized carbons (Fsp3) is 0.500. The molecule has 17 heteroatoms. The van der Waals surface area contributed by atoms with Crippen LogP contribution in [-0.2, 0) is 30.3 Å². The predicted molar refractivity (Wildman–Crippen MR) is 260 cm³/mol. The van der Waals surface area contributed by atoms with Crippen molar-refractivity contribution in [2.24, 2.45) is 28.8 Å². The van der Waals surface area contributed by atoms with Gasteiger partial charge in [0.25, 0.3) is 11.7 Å². The molecule has 374 valence electrons. The number of anilines is 1. The van der Waals surface area contributed by atoms with Crippen LogP contribution in [0.3, 0.4) is 0 Å². The number of hydrogen-bond donors (Lipinski definition) is 6. The van der Waals surface area contributed by atoms with E-state index in [9.17, 15) is 39.9 Å². The second-order valence-corrected chi connectivity index (χ2v) is 19.0. The van der Waals surface area contributed by atoms with E-state index in [0.29, 0.717) is 19.6 Å². The molecule has 0 aliphatic carbocycles. The van der Waals surface area contributed by atoms with Crippen LogP contribution in [0.2, 0.25) is 0 Å². The number of fused-ring (bicyclic) bond motifs is 14. The number of methoxy groups -OCH3 is 2. The average Bonchev–Trinajstić information content (AvgIpc) is 3.57. The molecule has 0 unspecified atom stereocenters. The zero-order valence-electron chi connectivity index (χ0n) is 41.5. The summed E-state index contributed by atoms with van der Waals surface area (Å²) in [6, 6.07) is 7.62. The number of phenols is 3. The van der Waals surface area contributed by atoms with E-state index in [1.807, 2.05) is 43.1 Å². The van der Waals surface area contributed by atoms with Gasteiger partial charge in [-0.25, -0.2) is 0 Å². The first-order valence-electron chi connectivity index (χ1n) is 23.3. The van der Waals surface area contributed by atoms with Crippen LogP contribution in [0.1, 0.15) is 89.4 Å². The molecule has 3 aromatic rings. The summed E-state index contributed by atoms with van der Waals surface area (Å²) in [6.45, 7) is 18.5. The third kappa shape index (κ3) is 10.6. The Kier molecular flexibility index (Phi) is 16.1. The van der Waals surface area contributed by atoms with Crippen molar-refractivity contribution < 1.29 is 63.6 Å². The van der Waals surface area contributed by atoms with Crippen LogP contribution >= 0.6 is 0 Å². The number of hydrazone groups is 1.